The molecular weight excluding hydrogens is 415 g/mol. The van der Waals surface area contributed by atoms with Crippen LogP contribution in [0.4, 0.5) is 15.0 Å². The Balaban J connectivity index is 1.45. The van der Waals surface area contributed by atoms with Crippen LogP contribution < -0.4 is 5.32 Å². The average Bonchev–Trinajstić information content (AvgIpc) is 3.22. The summed E-state index contributed by atoms with van der Waals surface area (Å²) in [6.45, 7) is 5.19. The number of amides is 2. The quantitative estimate of drug-likeness (QED) is 0.642. The van der Waals surface area contributed by atoms with Crippen LogP contribution >= 0.6 is 0 Å². The molecule has 0 spiro atoms. The molecule has 1 saturated heterocycles. The fourth-order valence-electron chi connectivity index (χ4n) is 3.60. The molecule has 4 rings (SSSR count). The minimum atomic E-state index is -2.22. The molecule has 0 radical (unpaired) electrons. The molecule has 9 nitrogen and oxygen atoms in total. The van der Waals surface area contributed by atoms with E-state index < -0.39 is 23.3 Å². The molecule has 2 amide bonds. The highest BCUT2D eigenvalue weighted by molar-refractivity contribution is 5.97. The van der Waals surface area contributed by atoms with Crippen molar-refractivity contribution in [2.75, 3.05) is 18.4 Å². The summed E-state index contributed by atoms with van der Waals surface area (Å²) in [4.78, 5) is 34.9. The molecule has 1 atom stereocenters. The number of halogens is 1. The zero-order valence-corrected chi connectivity index (χ0v) is 18.2. The van der Waals surface area contributed by atoms with Gasteiger partial charge in [0.2, 0.25) is 5.67 Å². The van der Waals surface area contributed by atoms with E-state index in [1.54, 1.807) is 51.5 Å². The Labute approximate surface area is 184 Å². The summed E-state index contributed by atoms with van der Waals surface area (Å²) in [5.74, 6) is -0.623. The van der Waals surface area contributed by atoms with E-state index in [-0.39, 0.29) is 18.8 Å². The van der Waals surface area contributed by atoms with E-state index in [4.69, 9.17) is 4.74 Å². The summed E-state index contributed by atoms with van der Waals surface area (Å²) >= 11 is 0. The topological polar surface area (TPSA) is 113 Å². The number of aromatic amines is 1. The molecular formula is C22H25FN6O3. The summed E-state index contributed by atoms with van der Waals surface area (Å²) in [5.41, 5.74) is -0.748. The first-order chi connectivity index (χ1) is 15.1. The van der Waals surface area contributed by atoms with E-state index in [0.29, 0.717) is 18.7 Å². The molecule has 0 aliphatic carbocycles. The number of pyridine rings is 2. The number of hydrogen-bond acceptors (Lipinski definition) is 6. The van der Waals surface area contributed by atoms with Crippen LogP contribution in [0, 0.1) is 0 Å². The van der Waals surface area contributed by atoms with Gasteiger partial charge < -0.3 is 15.0 Å². The van der Waals surface area contributed by atoms with E-state index in [0.717, 1.165) is 16.5 Å². The SMILES string of the molecule is CC(C)(C)OC(=O)N1CCCC(F)(C(=O)Nc2ccc(-c3nccc4cn[nH]c34)cn2)C1. The third-order valence-corrected chi connectivity index (χ3v) is 5.14. The van der Waals surface area contributed by atoms with Crippen LogP contribution in [0.3, 0.4) is 0 Å². The second-order valence-corrected chi connectivity index (χ2v) is 8.85. The largest absolute Gasteiger partial charge is 0.444 e. The number of anilines is 1. The van der Waals surface area contributed by atoms with Crippen molar-refractivity contribution < 1.29 is 18.7 Å². The summed E-state index contributed by atoms with van der Waals surface area (Å²) < 4.78 is 20.8. The van der Waals surface area contributed by atoms with E-state index in [1.807, 2.05) is 6.07 Å². The van der Waals surface area contributed by atoms with Crippen LogP contribution in [0.5, 0.6) is 0 Å². The molecule has 1 aliphatic rings. The first kappa shape index (κ1) is 21.7. The maximum absolute atomic E-state index is 15.5. The number of nitrogens with zero attached hydrogens (tertiary/aromatic N) is 4. The fourth-order valence-corrected chi connectivity index (χ4v) is 3.60. The maximum atomic E-state index is 15.5. The molecule has 3 aromatic heterocycles. The number of ether oxygens (including phenoxy) is 1. The highest BCUT2D eigenvalue weighted by Gasteiger charge is 2.45. The number of hydrogen-bond donors (Lipinski definition) is 2. The van der Waals surface area contributed by atoms with Crippen LogP contribution in [-0.4, -0.2) is 61.4 Å². The highest BCUT2D eigenvalue weighted by atomic mass is 19.1. The number of alkyl halides is 1. The molecule has 10 heteroatoms. The molecule has 2 N–H and O–H groups in total. The molecule has 0 saturated carbocycles. The molecule has 3 aromatic rings. The monoisotopic (exact) mass is 440 g/mol. The summed E-state index contributed by atoms with van der Waals surface area (Å²) in [6.07, 6.45) is 4.67. The number of likely N-dealkylation sites (tertiary alicyclic amines) is 1. The average molecular weight is 440 g/mol. The number of piperidine rings is 1. The van der Waals surface area contributed by atoms with Crippen LogP contribution in [0.1, 0.15) is 33.6 Å². The van der Waals surface area contributed by atoms with Gasteiger partial charge in [-0.15, -0.1) is 0 Å². The number of rotatable bonds is 3. The number of carbonyl (C=O) groups is 2. The van der Waals surface area contributed by atoms with Gasteiger partial charge in [-0.1, -0.05) is 0 Å². The first-order valence-electron chi connectivity index (χ1n) is 10.4. The van der Waals surface area contributed by atoms with Gasteiger partial charge in [-0.25, -0.2) is 14.2 Å². The van der Waals surface area contributed by atoms with E-state index in [1.165, 1.54) is 4.90 Å². The minimum absolute atomic E-state index is 0.0158. The normalized spacial score (nSPS) is 19.1. The number of aromatic nitrogens is 4. The summed E-state index contributed by atoms with van der Waals surface area (Å²) in [6, 6.07) is 5.17. The number of carbonyl (C=O) groups excluding carboxylic acids is 2. The number of nitrogens with one attached hydrogen (secondary N) is 2. The second kappa shape index (κ2) is 8.18. The smallest absolute Gasteiger partial charge is 0.410 e. The van der Waals surface area contributed by atoms with Gasteiger partial charge in [0, 0.05) is 29.9 Å². The third kappa shape index (κ3) is 4.53. The van der Waals surface area contributed by atoms with Crippen molar-refractivity contribution in [1.82, 2.24) is 25.1 Å². The van der Waals surface area contributed by atoms with Crippen LogP contribution in [0.2, 0.25) is 0 Å². The molecule has 1 aliphatic heterocycles. The van der Waals surface area contributed by atoms with Gasteiger partial charge in [-0.2, -0.15) is 5.10 Å². The molecule has 1 unspecified atom stereocenters. The molecule has 4 heterocycles. The molecule has 32 heavy (non-hydrogen) atoms. The second-order valence-electron chi connectivity index (χ2n) is 8.85. The molecule has 1 fully saturated rings. The van der Waals surface area contributed by atoms with Crippen molar-refractivity contribution in [3.05, 3.63) is 36.8 Å². The van der Waals surface area contributed by atoms with Crippen molar-refractivity contribution >= 4 is 28.7 Å². The van der Waals surface area contributed by atoms with E-state index in [9.17, 15) is 9.59 Å². The Kier molecular flexibility index (Phi) is 5.53. The first-order valence-corrected chi connectivity index (χ1v) is 10.4. The zero-order chi connectivity index (χ0) is 22.9. The number of H-pyrrole nitrogens is 1. The maximum Gasteiger partial charge on any atom is 0.410 e. The zero-order valence-electron chi connectivity index (χ0n) is 18.2. The van der Waals surface area contributed by atoms with Gasteiger partial charge in [0.25, 0.3) is 5.91 Å². The van der Waals surface area contributed by atoms with Crippen molar-refractivity contribution in [2.24, 2.45) is 0 Å². The van der Waals surface area contributed by atoms with Gasteiger partial charge in [0.15, 0.2) is 0 Å². The molecule has 168 valence electrons. The Morgan fingerprint density at radius 2 is 2.03 bits per heavy atom. The lowest BCUT2D eigenvalue weighted by molar-refractivity contribution is -0.130. The standard InChI is InChI=1S/C22H25FN6O3/c1-21(2,3)32-20(31)29-10-4-8-22(23,13-29)19(30)27-16-6-5-14(11-25-16)17-18-15(7-9-24-17)12-26-28-18/h5-7,9,11-12H,4,8,10,13H2,1-3H3,(H,26,28)(H,25,27,30). The minimum Gasteiger partial charge on any atom is -0.444 e. The number of fused-ring (bicyclic) bond motifs is 1. The fraction of sp³-hybridized carbons (Fsp3) is 0.409. The molecule has 0 aromatic carbocycles. The van der Waals surface area contributed by atoms with Gasteiger partial charge >= 0.3 is 6.09 Å². The lowest BCUT2D eigenvalue weighted by Crippen LogP contribution is -2.54. The van der Waals surface area contributed by atoms with Crippen LogP contribution in [-0.2, 0) is 9.53 Å². The highest BCUT2D eigenvalue weighted by Crippen LogP contribution is 2.29. The summed E-state index contributed by atoms with van der Waals surface area (Å²) in [5, 5.41) is 10.4. The predicted molar refractivity (Wildman–Crippen MR) is 117 cm³/mol. The Bertz CT molecular complexity index is 1140. The molecule has 0 bridgehead atoms. The Morgan fingerprint density at radius 3 is 2.75 bits per heavy atom. The van der Waals surface area contributed by atoms with Crippen LogP contribution in [0.25, 0.3) is 22.2 Å². The van der Waals surface area contributed by atoms with Crippen molar-refractivity contribution in [3.8, 4) is 11.3 Å². The van der Waals surface area contributed by atoms with Crippen molar-refractivity contribution in [2.45, 2.75) is 44.9 Å². The van der Waals surface area contributed by atoms with Gasteiger partial charge in [-0.3, -0.25) is 14.9 Å². The third-order valence-electron chi connectivity index (χ3n) is 5.14. The van der Waals surface area contributed by atoms with Crippen molar-refractivity contribution in [3.63, 3.8) is 0 Å². The Hall–Kier alpha value is -3.56. The lowest BCUT2D eigenvalue weighted by Gasteiger charge is -2.36. The van der Waals surface area contributed by atoms with Crippen LogP contribution in [0.15, 0.2) is 36.8 Å². The van der Waals surface area contributed by atoms with Crippen molar-refractivity contribution in [1.29, 1.82) is 0 Å². The van der Waals surface area contributed by atoms with E-state index in [2.05, 4.69) is 25.5 Å². The van der Waals surface area contributed by atoms with Gasteiger partial charge in [-0.05, 0) is 51.8 Å². The van der Waals surface area contributed by atoms with Gasteiger partial charge in [0.1, 0.15) is 11.4 Å². The predicted octanol–water partition coefficient (Wildman–Crippen LogP) is 3.70. The van der Waals surface area contributed by atoms with Gasteiger partial charge in [0.05, 0.1) is 24.0 Å². The summed E-state index contributed by atoms with van der Waals surface area (Å²) in [7, 11) is 0. The van der Waals surface area contributed by atoms with E-state index >= 15 is 4.39 Å². The lowest BCUT2D eigenvalue weighted by atomic mass is 9.94. The Morgan fingerprint density at radius 1 is 1.22 bits per heavy atom.